The molecule has 27 heavy (non-hydrogen) atoms. The van der Waals surface area contributed by atoms with Crippen molar-refractivity contribution in [1.82, 2.24) is 14.9 Å². The van der Waals surface area contributed by atoms with Gasteiger partial charge in [0.05, 0.1) is 22.5 Å². The van der Waals surface area contributed by atoms with Crippen LogP contribution in [0.5, 0.6) is 0 Å². The zero-order valence-corrected chi connectivity index (χ0v) is 16.3. The Bertz CT molecular complexity index is 1090. The average molecular weight is 386 g/mol. The van der Waals surface area contributed by atoms with Crippen molar-refractivity contribution in [1.29, 1.82) is 0 Å². The summed E-state index contributed by atoms with van der Waals surface area (Å²) in [5.41, 5.74) is 3.52. The molecule has 0 radical (unpaired) electrons. The van der Waals surface area contributed by atoms with Crippen LogP contribution in [0.4, 0.5) is 5.69 Å². The summed E-state index contributed by atoms with van der Waals surface area (Å²) >= 11 is 0. The summed E-state index contributed by atoms with van der Waals surface area (Å²) in [6.45, 7) is 1.82. The number of sulfonamides is 1. The standard InChI is InChI=1S/C19H22N4O3S/c1-4-11-27(25,26)22-15-9-10-17-16(12-15)21-18(23(17)3)13-5-7-14(8-6-13)19(24)20-2/h5-10,12,22H,4,11H2,1-3H3,(H,20,24). The number of nitrogens with one attached hydrogen (secondary N) is 2. The number of carbonyl (C=O) groups excluding carboxylic acids is 1. The lowest BCUT2D eigenvalue weighted by Crippen LogP contribution is -2.17. The molecule has 3 aromatic rings. The van der Waals surface area contributed by atoms with Crippen molar-refractivity contribution < 1.29 is 13.2 Å². The maximum atomic E-state index is 12.0. The van der Waals surface area contributed by atoms with Crippen molar-refractivity contribution in [3.8, 4) is 11.4 Å². The van der Waals surface area contributed by atoms with Gasteiger partial charge in [-0.1, -0.05) is 19.1 Å². The Hall–Kier alpha value is -2.87. The first-order valence-corrected chi connectivity index (χ1v) is 10.3. The minimum absolute atomic E-state index is 0.0796. The minimum Gasteiger partial charge on any atom is -0.355 e. The van der Waals surface area contributed by atoms with Gasteiger partial charge >= 0.3 is 0 Å². The van der Waals surface area contributed by atoms with Crippen LogP contribution in [0.1, 0.15) is 23.7 Å². The van der Waals surface area contributed by atoms with Crippen LogP contribution in [0.2, 0.25) is 0 Å². The highest BCUT2D eigenvalue weighted by Gasteiger charge is 2.13. The van der Waals surface area contributed by atoms with Gasteiger partial charge in [-0.25, -0.2) is 13.4 Å². The second-order valence-electron chi connectivity index (χ2n) is 6.28. The molecule has 8 heteroatoms. The number of aryl methyl sites for hydroxylation is 1. The summed E-state index contributed by atoms with van der Waals surface area (Å²) in [5.74, 6) is 0.675. The maximum Gasteiger partial charge on any atom is 0.251 e. The van der Waals surface area contributed by atoms with E-state index in [1.54, 1.807) is 31.3 Å². The molecule has 0 fully saturated rings. The lowest BCUT2D eigenvalue weighted by Gasteiger charge is -2.07. The third-order valence-corrected chi connectivity index (χ3v) is 5.75. The van der Waals surface area contributed by atoms with Crippen LogP contribution in [-0.2, 0) is 17.1 Å². The third-order valence-electron chi connectivity index (χ3n) is 4.26. The number of hydrogen-bond donors (Lipinski definition) is 2. The molecule has 0 aliphatic carbocycles. The number of nitrogens with zero attached hydrogens (tertiary/aromatic N) is 2. The molecule has 3 rings (SSSR count). The molecule has 1 heterocycles. The molecule has 1 amide bonds. The van der Waals surface area contributed by atoms with Gasteiger partial charge in [-0.05, 0) is 36.8 Å². The number of amides is 1. The van der Waals surface area contributed by atoms with Crippen molar-refractivity contribution in [2.45, 2.75) is 13.3 Å². The van der Waals surface area contributed by atoms with E-state index in [2.05, 4.69) is 15.0 Å². The molecule has 1 aromatic heterocycles. The van der Waals surface area contributed by atoms with E-state index in [4.69, 9.17) is 0 Å². The van der Waals surface area contributed by atoms with Crippen molar-refractivity contribution in [3.05, 3.63) is 48.0 Å². The Morgan fingerprint density at radius 2 is 1.85 bits per heavy atom. The van der Waals surface area contributed by atoms with E-state index in [0.717, 1.165) is 16.9 Å². The van der Waals surface area contributed by atoms with Crippen LogP contribution in [0, 0.1) is 0 Å². The van der Waals surface area contributed by atoms with Gasteiger partial charge in [0.2, 0.25) is 10.0 Å². The first-order chi connectivity index (χ1) is 12.8. The second kappa shape index (κ2) is 7.40. The summed E-state index contributed by atoms with van der Waals surface area (Å²) in [6, 6.07) is 12.5. The molecular weight excluding hydrogens is 364 g/mol. The number of benzene rings is 2. The van der Waals surface area contributed by atoms with E-state index < -0.39 is 10.0 Å². The average Bonchev–Trinajstić information content (AvgIpc) is 2.97. The normalized spacial score (nSPS) is 11.5. The third kappa shape index (κ3) is 3.95. The van der Waals surface area contributed by atoms with E-state index in [-0.39, 0.29) is 11.7 Å². The monoisotopic (exact) mass is 386 g/mol. The van der Waals surface area contributed by atoms with E-state index in [1.165, 1.54) is 0 Å². The number of aromatic nitrogens is 2. The summed E-state index contributed by atoms with van der Waals surface area (Å²) in [4.78, 5) is 16.3. The molecule has 0 spiro atoms. The van der Waals surface area contributed by atoms with Crippen LogP contribution in [-0.4, -0.2) is 36.7 Å². The highest BCUT2D eigenvalue weighted by atomic mass is 32.2. The highest BCUT2D eigenvalue weighted by Crippen LogP contribution is 2.26. The van der Waals surface area contributed by atoms with Gasteiger partial charge in [0.15, 0.2) is 0 Å². The fraction of sp³-hybridized carbons (Fsp3) is 0.263. The second-order valence-corrected chi connectivity index (χ2v) is 8.12. The van der Waals surface area contributed by atoms with Crippen molar-refractivity contribution in [2.24, 2.45) is 7.05 Å². The van der Waals surface area contributed by atoms with E-state index in [0.29, 0.717) is 23.2 Å². The first kappa shape index (κ1) is 18.9. The Morgan fingerprint density at radius 1 is 1.15 bits per heavy atom. The molecule has 0 aliphatic heterocycles. The molecule has 0 saturated carbocycles. The summed E-state index contributed by atoms with van der Waals surface area (Å²) in [5, 5.41) is 2.59. The lowest BCUT2D eigenvalue weighted by molar-refractivity contribution is 0.0963. The molecule has 0 saturated heterocycles. The molecule has 0 atom stereocenters. The number of hydrogen-bond acceptors (Lipinski definition) is 4. The largest absolute Gasteiger partial charge is 0.355 e. The van der Waals surface area contributed by atoms with Gasteiger partial charge in [0.25, 0.3) is 5.91 Å². The maximum absolute atomic E-state index is 12.0. The Morgan fingerprint density at radius 3 is 2.48 bits per heavy atom. The number of anilines is 1. The van der Waals surface area contributed by atoms with Crippen molar-refractivity contribution in [3.63, 3.8) is 0 Å². The van der Waals surface area contributed by atoms with E-state index in [9.17, 15) is 13.2 Å². The van der Waals surface area contributed by atoms with Gasteiger partial charge in [-0.3, -0.25) is 9.52 Å². The van der Waals surface area contributed by atoms with E-state index >= 15 is 0 Å². The molecule has 142 valence electrons. The van der Waals surface area contributed by atoms with E-state index in [1.807, 2.05) is 36.7 Å². The molecule has 7 nitrogen and oxygen atoms in total. The predicted octanol–water partition coefficient (Wildman–Crippen LogP) is 2.75. The van der Waals surface area contributed by atoms with Gasteiger partial charge in [-0.2, -0.15) is 0 Å². The minimum atomic E-state index is -3.35. The van der Waals surface area contributed by atoms with Crippen molar-refractivity contribution >= 4 is 32.7 Å². The quantitative estimate of drug-likeness (QED) is 0.681. The topological polar surface area (TPSA) is 93.1 Å². The lowest BCUT2D eigenvalue weighted by atomic mass is 10.1. The Kier molecular flexibility index (Phi) is 5.18. The van der Waals surface area contributed by atoms with Crippen molar-refractivity contribution in [2.75, 3.05) is 17.5 Å². The predicted molar refractivity (Wildman–Crippen MR) is 107 cm³/mol. The van der Waals surface area contributed by atoms with Gasteiger partial charge in [0.1, 0.15) is 5.82 Å². The zero-order chi connectivity index (χ0) is 19.6. The van der Waals surface area contributed by atoms with Crippen LogP contribution >= 0.6 is 0 Å². The smallest absolute Gasteiger partial charge is 0.251 e. The molecule has 0 aliphatic rings. The van der Waals surface area contributed by atoms with Crippen LogP contribution in [0.15, 0.2) is 42.5 Å². The fourth-order valence-corrected chi connectivity index (χ4v) is 4.06. The van der Waals surface area contributed by atoms with Crippen LogP contribution < -0.4 is 10.0 Å². The number of imidazole rings is 1. The summed E-state index contributed by atoms with van der Waals surface area (Å²) in [7, 11) is 0.146. The summed E-state index contributed by atoms with van der Waals surface area (Å²) < 4.78 is 28.5. The first-order valence-electron chi connectivity index (χ1n) is 8.64. The molecule has 0 unspecified atom stereocenters. The zero-order valence-electron chi connectivity index (χ0n) is 15.5. The van der Waals surface area contributed by atoms with Gasteiger partial charge < -0.3 is 9.88 Å². The summed E-state index contributed by atoms with van der Waals surface area (Å²) in [6.07, 6.45) is 0.553. The Balaban J connectivity index is 1.96. The highest BCUT2D eigenvalue weighted by molar-refractivity contribution is 7.92. The van der Waals surface area contributed by atoms with Crippen LogP contribution in [0.3, 0.4) is 0 Å². The SMILES string of the molecule is CCCS(=O)(=O)Nc1ccc2c(c1)nc(-c1ccc(C(=O)NC)cc1)n2C. The van der Waals surface area contributed by atoms with Crippen LogP contribution in [0.25, 0.3) is 22.4 Å². The number of rotatable bonds is 6. The molecule has 2 aromatic carbocycles. The molecular formula is C19H22N4O3S. The number of fused-ring (bicyclic) bond motifs is 1. The molecule has 2 N–H and O–H groups in total. The molecule has 0 bridgehead atoms. The van der Waals surface area contributed by atoms with Gasteiger partial charge in [0, 0.05) is 25.2 Å². The van der Waals surface area contributed by atoms with Gasteiger partial charge in [-0.15, -0.1) is 0 Å². The Labute approximate surface area is 158 Å². The number of carbonyl (C=O) groups is 1. The fourth-order valence-electron chi connectivity index (χ4n) is 2.94.